The molecule has 0 radical (unpaired) electrons. The zero-order valence-electron chi connectivity index (χ0n) is 12.7. The zero-order valence-corrected chi connectivity index (χ0v) is 12.7. The van der Waals surface area contributed by atoms with E-state index in [0.717, 1.165) is 5.56 Å². The number of ether oxygens (including phenoxy) is 3. The Morgan fingerprint density at radius 1 is 1.36 bits per heavy atom. The van der Waals surface area contributed by atoms with Crippen LogP contribution < -0.4 is 0 Å². The highest BCUT2D eigenvalue weighted by atomic mass is 16.7. The van der Waals surface area contributed by atoms with Crippen molar-refractivity contribution in [1.29, 1.82) is 0 Å². The summed E-state index contributed by atoms with van der Waals surface area (Å²) in [6.07, 6.45) is -2.11. The van der Waals surface area contributed by atoms with Crippen molar-refractivity contribution >= 4 is 0 Å². The van der Waals surface area contributed by atoms with Gasteiger partial charge in [-0.2, -0.15) is 0 Å². The first-order valence-electron chi connectivity index (χ1n) is 7.27. The Kier molecular flexibility index (Phi) is 6.18. The summed E-state index contributed by atoms with van der Waals surface area (Å²) in [7, 11) is 1.48. The van der Waals surface area contributed by atoms with Crippen LogP contribution in [-0.4, -0.2) is 42.9 Å². The second-order valence-electron chi connectivity index (χ2n) is 5.13. The van der Waals surface area contributed by atoms with Crippen LogP contribution in [0.1, 0.15) is 18.9 Å². The summed E-state index contributed by atoms with van der Waals surface area (Å²) in [5.74, 6) is 0. The van der Waals surface area contributed by atoms with Gasteiger partial charge in [-0.25, -0.2) is 0 Å². The van der Waals surface area contributed by atoms with Gasteiger partial charge in [-0.15, -0.1) is 0 Å². The van der Waals surface area contributed by atoms with Crippen LogP contribution in [0.3, 0.4) is 0 Å². The standard InChI is InChI=1S/C15H21N3O4/c1-3-11-13(19)14(12(17-18-16)15(20-2)22-11)21-9-10-7-5-4-6-8-10/h4-8,11-15,19H,3,9H2,1-2H3/t11?,12-,13?,14-,15?/m1/s1. The molecule has 1 aromatic rings. The summed E-state index contributed by atoms with van der Waals surface area (Å²) >= 11 is 0. The number of methoxy groups -OCH3 is 1. The molecule has 1 saturated heterocycles. The third kappa shape index (κ3) is 3.76. The maximum absolute atomic E-state index is 10.4. The average molecular weight is 307 g/mol. The first-order chi connectivity index (χ1) is 10.7. The van der Waals surface area contributed by atoms with Crippen molar-refractivity contribution in [2.75, 3.05) is 7.11 Å². The smallest absolute Gasteiger partial charge is 0.168 e. The van der Waals surface area contributed by atoms with Crippen LogP contribution in [-0.2, 0) is 20.8 Å². The van der Waals surface area contributed by atoms with Crippen molar-refractivity contribution in [3.8, 4) is 0 Å². The molecule has 1 aliphatic rings. The molecule has 7 nitrogen and oxygen atoms in total. The minimum Gasteiger partial charge on any atom is -0.388 e. The zero-order chi connectivity index (χ0) is 15.9. The van der Waals surface area contributed by atoms with Gasteiger partial charge >= 0.3 is 0 Å². The number of aliphatic hydroxyl groups excluding tert-OH is 1. The second-order valence-corrected chi connectivity index (χ2v) is 5.13. The largest absolute Gasteiger partial charge is 0.388 e. The summed E-state index contributed by atoms with van der Waals surface area (Å²) < 4.78 is 16.7. The number of hydrogen-bond acceptors (Lipinski definition) is 5. The fourth-order valence-corrected chi connectivity index (χ4v) is 2.58. The molecule has 5 atom stereocenters. The van der Waals surface area contributed by atoms with Crippen molar-refractivity contribution in [2.24, 2.45) is 5.11 Å². The first kappa shape index (κ1) is 16.7. The fraction of sp³-hybridized carbons (Fsp3) is 0.600. The van der Waals surface area contributed by atoms with Crippen molar-refractivity contribution < 1.29 is 19.3 Å². The number of hydrogen-bond donors (Lipinski definition) is 1. The number of azide groups is 1. The molecule has 0 spiro atoms. The minimum atomic E-state index is -0.879. The van der Waals surface area contributed by atoms with Crippen molar-refractivity contribution in [1.82, 2.24) is 0 Å². The maximum Gasteiger partial charge on any atom is 0.168 e. The third-order valence-corrected chi connectivity index (χ3v) is 3.75. The summed E-state index contributed by atoms with van der Waals surface area (Å²) in [5, 5.41) is 14.1. The molecular formula is C15H21N3O4. The van der Waals surface area contributed by atoms with E-state index < -0.39 is 30.6 Å². The van der Waals surface area contributed by atoms with E-state index in [9.17, 15) is 5.11 Å². The SMILES string of the molecule is CCC1OC(OC)[C@H](N=[N+]=[N-])[C@@H](OCc2ccccc2)C1O. The lowest BCUT2D eigenvalue weighted by molar-refractivity contribution is -0.261. The van der Waals surface area contributed by atoms with E-state index >= 15 is 0 Å². The molecule has 22 heavy (non-hydrogen) atoms. The second kappa shape index (κ2) is 8.12. The molecular weight excluding hydrogens is 286 g/mol. The monoisotopic (exact) mass is 307 g/mol. The first-order valence-corrected chi connectivity index (χ1v) is 7.27. The molecule has 1 heterocycles. The van der Waals surface area contributed by atoms with Gasteiger partial charge in [-0.05, 0) is 17.5 Å². The summed E-state index contributed by atoms with van der Waals surface area (Å²) in [6, 6.07) is 8.87. The van der Waals surface area contributed by atoms with Crippen molar-refractivity contribution in [2.45, 2.75) is 50.6 Å². The van der Waals surface area contributed by atoms with Gasteiger partial charge in [0.25, 0.3) is 0 Å². The molecule has 1 aliphatic heterocycles. The van der Waals surface area contributed by atoms with Gasteiger partial charge in [0.15, 0.2) is 6.29 Å². The molecule has 3 unspecified atom stereocenters. The van der Waals surface area contributed by atoms with Gasteiger partial charge in [-0.1, -0.05) is 42.4 Å². The van der Waals surface area contributed by atoms with Gasteiger partial charge in [0, 0.05) is 12.0 Å². The summed E-state index contributed by atoms with van der Waals surface area (Å²) in [6.45, 7) is 2.22. The lowest BCUT2D eigenvalue weighted by Crippen LogP contribution is -2.57. The van der Waals surface area contributed by atoms with E-state index in [2.05, 4.69) is 10.0 Å². The van der Waals surface area contributed by atoms with Gasteiger partial charge in [-0.3, -0.25) is 0 Å². The highest BCUT2D eigenvalue weighted by Gasteiger charge is 2.45. The molecule has 0 aliphatic carbocycles. The van der Waals surface area contributed by atoms with Gasteiger partial charge < -0.3 is 19.3 Å². The number of rotatable bonds is 6. The Balaban J connectivity index is 2.15. The average Bonchev–Trinajstić information content (AvgIpc) is 2.56. The lowest BCUT2D eigenvalue weighted by atomic mass is 9.95. The van der Waals surface area contributed by atoms with Crippen LogP contribution in [0.15, 0.2) is 35.4 Å². The van der Waals surface area contributed by atoms with E-state index in [0.29, 0.717) is 13.0 Å². The third-order valence-electron chi connectivity index (χ3n) is 3.75. The normalized spacial score (nSPS) is 31.5. The quantitative estimate of drug-likeness (QED) is 0.495. The van der Waals surface area contributed by atoms with Crippen LogP contribution in [0.5, 0.6) is 0 Å². The minimum absolute atomic E-state index is 0.312. The Bertz CT molecular complexity index is 507. The van der Waals surface area contributed by atoms with Crippen molar-refractivity contribution in [3.63, 3.8) is 0 Å². The topological polar surface area (TPSA) is 96.7 Å². The Morgan fingerprint density at radius 2 is 2.09 bits per heavy atom. The van der Waals surface area contributed by atoms with Crippen LogP contribution in [0.4, 0.5) is 0 Å². The number of nitrogens with zero attached hydrogens (tertiary/aromatic N) is 3. The molecule has 0 amide bonds. The Hall–Kier alpha value is -1.63. The fourth-order valence-electron chi connectivity index (χ4n) is 2.58. The van der Waals surface area contributed by atoms with Crippen LogP contribution >= 0.6 is 0 Å². The molecule has 7 heteroatoms. The van der Waals surface area contributed by atoms with Crippen molar-refractivity contribution in [3.05, 3.63) is 46.3 Å². The van der Waals surface area contributed by atoms with E-state index in [1.165, 1.54) is 7.11 Å². The Labute approximate surface area is 129 Å². The predicted octanol–water partition coefficient (Wildman–Crippen LogP) is 2.39. The highest BCUT2D eigenvalue weighted by Crippen LogP contribution is 2.28. The molecule has 0 bridgehead atoms. The lowest BCUT2D eigenvalue weighted by Gasteiger charge is -2.42. The Morgan fingerprint density at radius 3 is 2.68 bits per heavy atom. The summed E-state index contributed by atoms with van der Waals surface area (Å²) in [5.41, 5.74) is 9.73. The highest BCUT2D eigenvalue weighted by molar-refractivity contribution is 5.13. The predicted molar refractivity (Wildman–Crippen MR) is 79.9 cm³/mol. The molecule has 1 aromatic carbocycles. The molecule has 0 saturated carbocycles. The van der Waals surface area contributed by atoms with Gasteiger partial charge in [0.1, 0.15) is 12.1 Å². The van der Waals surface area contributed by atoms with Gasteiger partial charge in [0.2, 0.25) is 0 Å². The van der Waals surface area contributed by atoms with E-state index in [4.69, 9.17) is 19.7 Å². The van der Waals surface area contributed by atoms with Crippen LogP contribution in [0.2, 0.25) is 0 Å². The van der Waals surface area contributed by atoms with Crippen LogP contribution in [0, 0.1) is 0 Å². The van der Waals surface area contributed by atoms with E-state index in [1.54, 1.807) is 0 Å². The molecule has 1 N–H and O–H groups in total. The summed E-state index contributed by atoms with van der Waals surface area (Å²) in [4.78, 5) is 2.82. The molecule has 2 rings (SSSR count). The molecule has 1 fully saturated rings. The molecule has 120 valence electrons. The number of aliphatic hydroxyl groups is 1. The van der Waals surface area contributed by atoms with Crippen LogP contribution in [0.25, 0.3) is 10.4 Å². The molecule has 0 aromatic heterocycles. The maximum atomic E-state index is 10.4. The van der Waals surface area contributed by atoms with Gasteiger partial charge in [0.05, 0.1) is 18.8 Å². The van der Waals surface area contributed by atoms with E-state index in [-0.39, 0.29) is 0 Å². The number of benzene rings is 1. The van der Waals surface area contributed by atoms with E-state index in [1.807, 2.05) is 37.3 Å².